The number of hydrogen-bond donors (Lipinski definition) is 2. The minimum absolute atomic E-state index is 0.483. The van der Waals surface area contributed by atoms with Crippen molar-refractivity contribution >= 4 is 17.6 Å². The molecule has 0 saturated carbocycles. The molecule has 0 radical (unpaired) electrons. The predicted octanol–water partition coefficient (Wildman–Crippen LogP) is 1.55. The summed E-state index contributed by atoms with van der Waals surface area (Å²) in [5, 5.41) is 3.46. The highest BCUT2D eigenvalue weighted by Crippen LogP contribution is 2.11. The molecule has 0 aromatic carbocycles. The van der Waals surface area contributed by atoms with Gasteiger partial charge in [0.2, 0.25) is 0 Å². The summed E-state index contributed by atoms with van der Waals surface area (Å²) in [6.45, 7) is 3.12. The second-order valence-corrected chi connectivity index (χ2v) is 4.37. The molecule has 0 aliphatic heterocycles. The van der Waals surface area contributed by atoms with Crippen LogP contribution in [0.2, 0.25) is 0 Å². The first-order chi connectivity index (χ1) is 7.27. The Morgan fingerprint density at radius 1 is 1.60 bits per heavy atom. The van der Waals surface area contributed by atoms with Gasteiger partial charge in [-0.2, -0.15) is 11.8 Å². The minimum Gasteiger partial charge on any atom is -0.383 e. The van der Waals surface area contributed by atoms with Crippen LogP contribution in [0.5, 0.6) is 0 Å². The second-order valence-electron chi connectivity index (χ2n) is 3.46. The zero-order valence-corrected chi connectivity index (χ0v) is 10.2. The monoisotopic (exact) mass is 225 g/mol. The van der Waals surface area contributed by atoms with Gasteiger partial charge in [0.25, 0.3) is 0 Å². The summed E-state index contributed by atoms with van der Waals surface area (Å²) in [6.07, 6.45) is 4.81. The van der Waals surface area contributed by atoms with Crippen LogP contribution in [0.15, 0.2) is 18.3 Å². The summed E-state index contributed by atoms with van der Waals surface area (Å²) in [5.41, 5.74) is 6.95. The number of nitrogens with zero attached hydrogens (tertiary/aromatic N) is 1. The van der Waals surface area contributed by atoms with E-state index in [0.717, 1.165) is 24.3 Å². The van der Waals surface area contributed by atoms with E-state index in [1.807, 2.05) is 23.9 Å². The topological polar surface area (TPSA) is 50.9 Å². The van der Waals surface area contributed by atoms with E-state index in [2.05, 4.69) is 23.5 Å². The van der Waals surface area contributed by atoms with Crippen molar-refractivity contribution in [1.82, 2.24) is 10.3 Å². The van der Waals surface area contributed by atoms with Crippen LogP contribution in [0.3, 0.4) is 0 Å². The molecule has 1 rings (SSSR count). The highest BCUT2D eigenvalue weighted by Gasteiger charge is 2.09. The molecule has 0 amide bonds. The minimum atomic E-state index is 0.483. The van der Waals surface area contributed by atoms with Gasteiger partial charge in [0, 0.05) is 18.0 Å². The lowest BCUT2D eigenvalue weighted by Gasteiger charge is -2.17. The lowest BCUT2D eigenvalue weighted by atomic mass is 10.1. The highest BCUT2D eigenvalue weighted by atomic mass is 32.2. The molecule has 0 fully saturated rings. The molecule has 1 atom stereocenters. The van der Waals surface area contributed by atoms with Crippen LogP contribution >= 0.6 is 11.8 Å². The van der Waals surface area contributed by atoms with Crippen molar-refractivity contribution in [2.24, 2.45) is 0 Å². The first-order valence-corrected chi connectivity index (χ1v) is 6.59. The van der Waals surface area contributed by atoms with Crippen LogP contribution in [-0.2, 0) is 6.42 Å². The summed E-state index contributed by atoms with van der Waals surface area (Å²) >= 11 is 1.85. The fraction of sp³-hybridized carbons (Fsp3) is 0.545. The molecule has 15 heavy (non-hydrogen) atoms. The van der Waals surface area contributed by atoms with E-state index in [-0.39, 0.29) is 0 Å². The molecule has 0 aliphatic rings. The van der Waals surface area contributed by atoms with Gasteiger partial charge in [-0.15, -0.1) is 0 Å². The molecule has 1 aromatic heterocycles. The van der Waals surface area contributed by atoms with Crippen LogP contribution in [0.25, 0.3) is 0 Å². The molecule has 4 heteroatoms. The number of rotatable bonds is 6. The van der Waals surface area contributed by atoms with Crippen LogP contribution in [0.4, 0.5) is 5.82 Å². The molecule has 3 N–H and O–H groups in total. The number of thioether (sulfide) groups is 1. The summed E-state index contributed by atoms with van der Waals surface area (Å²) in [5.74, 6) is 1.75. The van der Waals surface area contributed by atoms with Crippen molar-refractivity contribution in [1.29, 1.82) is 0 Å². The first-order valence-electron chi connectivity index (χ1n) is 5.19. The molecule has 1 aromatic rings. The number of anilines is 1. The summed E-state index contributed by atoms with van der Waals surface area (Å²) in [7, 11) is 0. The highest BCUT2D eigenvalue weighted by molar-refractivity contribution is 7.98. The number of pyridine rings is 1. The quantitative estimate of drug-likeness (QED) is 0.771. The fourth-order valence-corrected chi connectivity index (χ4v) is 2.21. The molecule has 0 spiro atoms. The van der Waals surface area contributed by atoms with Gasteiger partial charge in [0.1, 0.15) is 5.82 Å². The Kier molecular flexibility index (Phi) is 5.50. The molecular formula is C11H19N3S. The van der Waals surface area contributed by atoms with Gasteiger partial charge in [0.05, 0.1) is 0 Å². The average Bonchev–Trinajstić information content (AvgIpc) is 2.22. The standard InChI is InChI=1S/C11H19N3S/c1-3-13-10(8-15-2)7-9-5-4-6-14-11(9)12/h4-6,10,13H,3,7-8H2,1-2H3,(H2,12,14). The van der Waals surface area contributed by atoms with E-state index in [0.29, 0.717) is 11.9 Å². The van der Waals surface area contributed by atoms with Gasteiger partial charge in [-0.25, -0.2) is 4.98 Å². The molecule has 1 unspecified atom stereocenters. The van der Waals surface area contributed by atoms with E-state index in [1.54, 1.807) is 6.20 Å². The number of aromatic nitrogens is 1. The van der Waals surface area contributed by atoms with Gasteiger partial charge in [-0.05, 0) is 30.9 Å². The van der Waals surface area contributed by atoms with E-state index >= 15 is 0 Å². The van der Waals surface area contributed by atoms with Crippen molar-refractivity contribution in [3.63, 3.8) is 0 Å². The Balaban J connectivity index is 2.60. The molecule has 1 heterocycles. The Labute approximate surface area is 95.9 Å². The largest absolute Gasteiger partial charge is 0.383 e. The van der Waals surface area contributed by atoms with E-state index < -0.39 is 0 Å². The summed E-state index contributed by atoms with van der Waals surface area (Å²) < 4.78 is 0. The second kappa shape index (κ2) is 6.69. The van der Waals surface area contributed by atoms with Gasteiger partial charge in [-0.3, -0.25) is 0 Å². The zero-order chi connectivity index (χ0) is 11.1. The number of nitrogens with one attached hydrogen (secondary N) is 1. The number of nitrogens with two attached hydrogens (primary N) is 1. The zero-order valence-electron chi connectivity index (χ0n) is 9.36. The third kappa shape index (κ3) is 4.10. The number of nitrogen functional groups attached to an aromatic ring is 1. The van der Waals surface area contributed by atoms with Crippen LogP contribution < -0.4 is 11.1 Å². The maximum Gasteiger partial charge on any atom is 0.126 e. The SMILES string of the molecule is CCNC(CSC)Cc1cccnc1N. The lowest BCUT2D eigenvalue weighted by molar-refractivity contribution is 0.573. The van der Waals surface area contributed by atoms with Crippen LogP contribution in [0.1, 0.15) is 12.5 Å². The van der Waals surface area contributed by atoms with Crippen molar-refractivity contribution in [2.75, 3.05) is 24.3 Å². The maximum absolute atomic E-state index is 5.82. The fourth-order valence-electron chi connectivity index (χ4n) is 1.57. The Morgan fingerprint density at radius 2 is 2.40 bits per heavy atom. The third-order valence-electron chi connectivity index (χ3n) is 2.25. The molecule has 84 valence electrons. The predicted molar refractivity (Wildman–Crippen MR) is 68.2 cm³/mol. The normalized spacial score (nSPS) is 12.7. The summed E-state index contributed by atoms with van der Waals surface area (Å²) in [6, 6.07) is 4.47. The van der Waals surface area contributed by atoms with Crippen molar-refractivity contribution in [2.45, 2.75) is 19.4 Å². The van der Waals surface area contributed by atoms with Crippen LogP contribution in [-0.4, -0.2) is 29.6 Å². The molecule has 0 aliphatic carbocycles. The average molecular weight is 225 g/mol. The van der Waals surface area contributed by atoms with Crippen molar-refractivity contribution in [3.05, 3.63) is 23.9 Å². The van der Waals surface area contributed by atoms with Gasteiger partial charge in [-0.1, -0.05) is 13.0 Å². The third-order valence-corrected chi connectivity index (χ3v) is 2.99. The van der Waals surface area contributed by atoms with Gasteiger partial charge in [0.15, 0.2) is 0 Å². The van der Waals surface area contributed by atoms with Gasteiger partial charge >= 0.3 is 0 Å². The maximum atomic E-state index is 5.82. The van der Waals surface area contributed by atoms with Gasteiger partial charge < -0.3 is 11.1 Å². The Bertz CT molecular complexity index is 285. The van der Waals surface area contributed by atoms with Crippen LogP contribution in [0, 0.1) is 0 Å². The molecule has 3 nitrogen and oxygen atoms in total. The molecular weight excluding hydrogens is 206 g/mol. The van der Waals surface area contributed by atoms with E-state index in [9.17, 15) is 0 Å². The van der Waals surface area contributed by atoms with E-state index in [4.69, 9.17) is 5.73 Å². The smallest absolute Gasteiger partial charge is 0.126 e. The Morgan fingerprint density at radius 3 is 3.00 bits per heavy atom. The van der Waals surface area contributed by atoms with Crippen molar-refractivity contribution in [3.8, 4) is 0 Å². The molecule has 0 saturated heterocycles. The number of likely N-dealkylation sites (N-methyl/N-ethyl adjacent to an activating group) is 1. The summed E-state index contributed by atoms with van der Waals surface area (Å²) in [4.78, 5) is 4.10. The lowest BCUT2D eigenvalue weighted by Crippen LogP contribution is -2.33. The molecule has 0 bridgehead atoms. The number of hydrogen-bond acceptors (Lipinski definition) is 4. The Hall–Kier alpha value is -0.740. The van der Waals surface area contributed by atoms with E-state index in [1.165, 1.54) is 0 Å². The van der Waals surface area contributed by atoms with Crippen molar-refractivity contribution < 1.29 is 0 Å². The first kappa shape index (κ1) is 12.3.